The molecule has 2 heterocycles. The molecule has 0 aliphatic heterocycles. The van der Waals surface area contributed by atoms with Crippen LogP contribution in [0.3, 0.4) is 0 Å². The lowest BCUT2D eigenvalue weighted by molar-refractivity contribution is 0.669. The number of hydrogen-bond acceptors (Lipinski definition) is 1. The van der Waals surface area contributed by atoms with Crippen LogP contribution in [0.15, 0.2) is 126 Å². The molecule has 0 atom stereocenters. The zero-order valence-electron chi connectivity index (χ0n) is 19.5. The summed E-state index contributed by atoms with van der Waals surface area (Å²) < 4.78 is 6.04. The van der Waals surface area contributed by atoms with Crippen LogP contribution < -0.4 is 0 Å². The van der Waals surface area contributed by atoms with Gasteiger partial charge in [-0.2, -0.15) is 0 Å². The maximum atomic E-state index is 6.04. The van der Waals surface area contributed by atoms with Crippen LogP contribution in [0.5, 0.6) is 0 Å². The normalized spacial score (nSPS) is 11.9. The van der Waals surface area contributed by atoms with Crippen LogP contribution in [-0.4, -0.2) is 4.98 Å². The lowest BCUT2D eigenvalue weighted by Gasteiger charge is -2.08. The number of nitrogens with one attached hydrogen (secondary N) is 1. The van der Waals surface area contributed by atoms with Gasteiger partial charge in [-0.05, 0) is 63.9 Å². The Bertz CT molecular complexity index is 2110. The van der Waals surface area contributed by atoms with E-state index in [-0.39, 0.29) is 0 Å². The van der Waals surface area contributed by atoms with E-state index < -0.39 is 0 Å². The second-order valence-electron chi connectivity index (χ2n) is 9.49. The Morgan fingerprint density at radius 3 is 2.11 bits per heavy atom. The highest BCUT2D eigenvalue weighted by Gasteiger charge is 2.12. The van der Waals surface area contributed by atoms with E-state index in [1.807, 2.05) is 12.1 Å². The Labute approximate surface area is 207 Å². The zero-order valence-corrected chi connectivity index (χ0v) is 19.5. The molecule has 0 unspecified atom stereocenters. The standard InChI is InChI=1S/C34H21NO/c1-2-8-23-20-31-29(18-22(23)7-1)28-13-6-12-26(34(28)35-31)25-10-5-9-21(17-25)24-15-16-33-30(19-24)27-11-3-4-14-32(27)36-33/h1-20,35H. The van der Waals surface area contributed by atoms with Gasteiger partial charge in [0.15, 0.2) is 0 Å². The number of H-pyrrole nitrogens is 1. The fraction of sp³-hybridized carbons (Fsp3) is 0. The van der Waals surface area contributed by atoms with Gasteiger partial charge >= 0.3 is 0 Å². The third kappa shape index (κ3) is 2.85. The first-order chi connectivity index (χ1) is 17.8. The summed E-state index contributed by atoms with van der Waals surface area (Å²) in [6.45, 7) is 0. The summed E-state index contributed by atoms with van der Waals surface area (Å²) >= 11 is 0. The predicted octanol–water partition coefficient (Wildman–Crippen LogP) is 9.71. The fourth-order valence-corrected chi connectivity index (χ4v) is 5.63. The molecule has 36 heavy (non-hydrogen) atoms. The van der Waals surface area contributed by atoms with Crippen LogP contribution >= 0.6 is 0 Å². The fourth-order valence-electron chi connectivity index (χ4n) is 5.63. The van der Waals surface area contributed by atoms with Crippen molar-refractivity contribution in [3.63, 3.8) is 0 Å². The molecular formula is C34H21NO. The van der Waals surface area contributed by atoms with E-state index in [1.54, 1.807) is 0 Å². The SMILES string of the molecule is c1cc(-c2ccc3oc4ccccc4c3c2)cc(-c2cccc3c2[nH]c2cc4ccccc4cc23)c1. The lowest BCUT2D eigenvalue weighted by atomic mass is 9.96. The molecule has 6 aromatic carbocycles. The Balaban J connectivity index is 1.30. The summed E-state index contributed by atoms with van der Waals surface area (Å²) in [6.07, 6.45) is 0. The molecule has 0 aliphatic carbocycles. The number of aromatic amines is 1. The molecular weight excluding hydrogens is 438 g/mol. The molecule has 0 amide bonds. The minimum Gasteiger partial charge on any atom is -0.456 e. The van der Waals surface area contributed by atoms with Gasteiger partial charge in [-0.25, -0.2) is 0 Å². The smallest absolute Gasteiger partial charge is 0.135 e. The Morgan fingerprint density at radius 1 is 0.444 bits per heavy atom. The van der Waals surface area contributed by atoms with Crippen molar-refractivity contribution in [2.24, 2.45) is 0 Å². The molecule has 1 N–H and O–H groups in total. The molecule has 168 valence electrons. The first kappa shape index (κ1) is 19.5. The van der Waals surface area contributed by atoms with Gasteiger partial charge in [0.1, 0.15) is 11.2 Å². The van der Waals surface area contributed by atoms with Crippen LogP contribution in [0.4, 0.5) is 0 Å². The van der Waals surface area contributed by atoms with Gasteiger partial charge in [-0.1, -0.05) is 84.9 Å². The van der Waals surface area contributed by atoms with Gasteiger partial charge in [-0.3, -0.25) is 0 Å². The molecule has 0 saturated heterocycles. The summed E-state index contributed by atoms with van der Waals surface area (Å²) in [6, 6.07) is 43.2. The first-order valence-electron chi connectivity index (χ1n) is 12.3. The summed E-state index contributed by atoms with van der Waals surface area (Å²) in [5, 5.41) is 7.34. The highest BCUT2D eigenvalue weighted by Crippen LogP contribution is 2.37. The average Bonchev–Trinajstić information content (AvgIpc) is 3.49. The number of fused-ring (bicyclic) bond motifs is 7. The first-order valence-corrected chi connectivity index (χ1v) is 12.3. The molecule has 0 spiro atoms. The lowest BCUT2D eigenvalue weighted by Crippen LogP contribution is -1.83. The van der Waals surface area contributed by atoms with Crippen molar-refractivity contribution in [2.45, 2.75) is 0 Å². The summed E-state index contributed by atoms with van der Waals surface area (Å²) in [7, 11) is 0. The number of furan rings is 1. The maximum absolute atomic E-state index is 6.04. The third-order valence-corrected chi connectivity index (χ3v) is 7.38. The van der Waals surface area contributed by atoms with E-state index in [0.717, 1.165) is 21.9 Å². The van der Waals surface area contributed by atoms with Crippen LogP contribution in [0.1, 0.15) is 0 Å². The highest BCUT2D eigenvalue weighted by atomic mass is 16.3. The molecule has 2 aromatic heterocycles. The van der Waals surface area contributed by atoms with Crippen molar-refractivity contribution in [1.82, 2.24) is 4.98 Å². The van der Waals surface area contributed by atoms with E-state index in [9.17, 15) is 0 Å². The van der Waals surface area contributed by atoms with E-state index in [4.69, 9.17) is 4.42 Å². The Kier molecular flexibility index (Phi) is 3.97. The largest absolute Gasteiger partial charge is 0.456 e. The quantitative estimate of drug-likeness (QED) is 0.274. The number of para-hydroxylation sites is 2. The Hall–Kier alpha value is -4.82. The van der Waals surface area contributed by atoms with Crippen molar-refractivity contribution in [3.8, 4) is 22.3 Å². The topological polar surface area (TPSA) is 28.9 Å². The summed E-state index contributed by atoms with van der Waals surface area (Å²) in [5.74, 6) is 0. The molecule has 0 fully saturated rings. The van der Waals surface area contributed by atoms with Gasteiger partial charge in [0, 0.05) is 32.6 Å². The maximum Gasteiger partial charge on any atom is 0.135 e. The van der Waals surface area contributed by atoms with E-state index in [2.05, 4.69) is 114 Å². The van der Waals surface area contributed by atoms with E-state index >= 15 is 0 Å². The highest BCUT2D eigenvalue weighted by molar-refractivity contribution is 6.15. The monoisotopic (exact) mass is 459 g/mol. The molecule has 2 nitrogen and oxygen atoms in total. The minimum atomic E-state index is 0.923. The minimum absolute atomic E-state index is 0.923. The molecule has 0 bridgehead atoms. The molecule has 0 saturated carbocycles. The van der Waals surface area contributed by atoms with Crippen LogP contribution in [0, 0.1) is 0 Å². The van der Waals surface area contributed by atoms with Crippen molar-refractivity contribution in [2.75, 3.05) is 0 Å². The van der Waals surface area contributed by atoms with Crippen LogP contribution in [-0.2, 0) is 0 Å². The molecule has 0 aliphatic rings. The Morgan fingerprint density at radius 2 is 1.17 bits per heavy atom. The molecule has 8 aromatic rings. The number of aromatic nitrogens is 1. The average molecular weight is 460 g/mol. The van der Waals surface area contributed by atoms with Gasteiger partial charge in [-0.15, -0.1) is 0 Å². The van der Waals surface area contributed by atoms with Gasteiger partial charge < -0.3 is 9.40 Å². The van der Waals surface area contributed by atoms with Crippen molar-refractivity contribution in [3.05, 3.63) is 121 Å². The second kappa shape index (κ2) is 7.34. The third-order valence-electron chi connectivity index (χ3n) is 7.38. The van der Waals surface area contributed by atoms with Gasteiger partial charge in [0.05, 0.1) is 5.52 Å². The van der Waals surface area contributed by atoms with Gasteiger partial charge in [0.25, 0.3) is 0 Å². The molecule has 0 radical (unpaired) electrons. The van der Waals surface area contributed by atoms with E-state index in [0.29, 0.717) is 0 Å². The number of rotatable bonds is 2. The second-order valence-corrected chi connectivity index (χ2v) is 9.49. The van der Waals surface area contributed by atoms with Crippen LogP contribution in [0.25, 0.3) is 76.8 Å². The molecule has 2 heteroatoms. The van der Waals surface area contributed by atoms with E-state index in [1.165, 1.54) is 54.8 Å². The number of benzene rings is 6. The summed E-state index contributed by atoms with van der Waals surface area (Å²) in [5.41, 5.74) is 8.99. The van der Waals surface area contributed by atoms with Crippen molar-refractivity contribution >= 4 is 54.5 Å². The number of hydrogen-bond donors (Lipinski definition) is 1. The van der Waals surface area contributed by atoms with Gasteiger partial charge in [0.2, 0.25) is 0 Å². The molecule has 8 rings (SSSR count). The summed E-state index contributed by atoms with van der Waals surface area (Å²) in [4.78, 5) is 3.72. The van der Waals surface area contributed by atoms with Crippen LogP contribution in [0.2, 0.25) is 0 Å². The predicted molar refractivity (Wildman–Crippen MR) is 151 cm³/mol. The van der Waals surface area contributed by atoms with Crippen molar-refractivity contribution in [1.29, 1.82) is 0 Å². The van der Waals surface area contributed by atoms with Crippen molar-refractivity contribution < 1.29 is 4.42 Å². The zero-order chi connectivity index (χ0) is 23.6.